The second-order valence-corrected chi connectivity index (χ2v) is 40.7. The van der Waals surface area contributed by atoms with Gasteiger partial charge >= 0.3 is 23.5 Å². The number of carbonyl (C=O) groups excluding carboxylic acids is 3. The number of anilines is 2. The van der Waals surface area contributed by atoms with Gasteiger partial charge in [-0.1, -0.05) is 151 Å². The molecule has 5 aromatic rings. The highest BCUT2D eigenvalue weighted by Crippen LogP contribution is 2.66. The lowest BCUT2D eigenvalue weighted by Crippen LogP contribution is -2.34. The van der Waals surface area contributed by atoms with Crippen molar-refractivity contribution in [2.45, 2.75) is 183 Å². The monoisotopic (exact) mass is 1740 g/mol. The minimum absolute atomic E-state index is 0.00119. The molecule has 0 saturated carbocycles. The van der Waals surface area contributed by atoms with Gasteiger partial charge < -0.3 is 74.4 Å². The van der Waals surface area contributed by atoms with E-state index in [4.69, 9.17) is 43.7 Å². The second kappa shape index (κ2) is 42.0. The van der Waals surface area contributed by atoms with Crippen LogP contribution in [-0.4, -0.2) is 175 Å². The molecule has 31 nitrogen and oxygen atoms in total. The molecule has 11 N–H and O–H groups in total. The van der Waals surface area contributed by atoms with Crippen LogP contribution in [-0.2, 0) is 76.3 Å². The number of aromatic nitrogens is 3. The number of unbranched alkanes of at least 4 members (excludes halogenated alkanes) is 4. The highest BCUT2D eigenvalue weighted by Gasteiger charge is 2.47. The standard InChI is InChI=1S/C75H104N9O22P3S5/c1-12-14-38-82-58-32-30-50(3)42-56(58)74(8,9)62(82)27-18-16-19-28-63-75(10,57-44-55(114(96,97)98)31-33-59(57)83(63)39-15-13-2)34-21-17-20-29-64(85)78-36-37-79-70(87)52-24-22-26-54(43-52)101-49-67(112-113-73(5,6)7)100-41-40-99-48-65(86)77-35-23-25-53-46-84(69-68(53)71(88)81-72(76)80-69)66-45-60(103-51(4)111-110-11)61(104-66)47-102-108(92,93)106-109(94,95)105-107(89,90)91/h16,18-19,22,24,26-28,30-33,42-44,46,51,60-61,66-67H,12-15,17,20-21,29,34-41,45,47-49H2,1-11H3,(H10-,76,77,78,79,80,81,85,86,87,88,89,90,91,92,93,94,95,96,97,98)/p+1/t51-,60?,61-,66-,67?,75?/m1/s1. The summed E-state index contributed by atoms with van der Waals surface area (Å²) in [7, 11) is -15.8. The van der Waals surface area contributed by atoms with E-state index in [-0.39, 0.29) is 108 Å². The Bertz CT molecular complexity index is 4750. The van der Waals surface area contributed by atoms with Gasteiger partial charge in [0.15, 0.2) is 11.4 Å². The van der Waals surface area contributed by atoms with Crippen LogP contribution in [0.3, 0.4) is 0 Å². The van der Waals surface area contributed by atoms with E-state index < -0.39 is 86.4 Å². The topological polar surface area (TPSA) is 431 Å². The number of nitrogens with one attached hydrogen (secondary N) is 4. The number of nitrogens with two attached hydrogens (primary N) is 1. The van der Waals surface area contributed by atoms with E-state index in [0.29, 0.717) is 24.2 Å². The van der Waals surface area contributed by atoms with Crippen molar-refractivity contribution in [2.24, 2.45) is 0 Å². The summed E-state index contributed by atoms with van der Waals surface area (Å²) in [6.45, 7) is 21.9. The molecule has 5 heterocycles. The lowest BCUT2D eigenvalue weighted by atomic mass is 9.77. The second-order valence-electron chi connectivity index (χ2n) is 28.9. The van der Waals surface area contributed by atoms with Crippen molar-refractivity contribution in [3.8, 4) is 17.6 Å². The van der Waals surface area contributed by atoms with Crippen LogP contribution in [0.1, 0.15) is 165 Å². The zero-order valence-corrected chi connectivity index (χ0v) is 72.5. The fourth-order valence-corrected chi connectivity index (χ4v) is 20.3. The maximum atomic E-state index is 13.4. The molecule has 1 fully saturated rings. The molecule has 2 aromatic heterocycles. The smallest absolute Gasteiger partial charge is 0.490 e. The van der Waals surface area contributed by atoms with Crippen LogP contribution in [0.4, 0.5) is 17.3 Å². The Labute approximate surface area is 681 Å². The van der Waals surface area contributed by atoms with Crippen molar-refractivity contribution < 1.29 is 102 Å². The number of benzene rings is 3. The molecule has 39 heteroatoms. The summed E-state index contributed by atoms with van der Waals surface area (Å²) >= 11 is 0. The number of nitrogens with zero attached hydrogens (tertiary/aromatic N) is 4. The predicted octanol–water partition coefficient (Wildman–Crippen LogP) is 12.6. The first-order valence-electron chi connectivity index (χ1n) is 37.2. The van der Waals surface area contributed by atoms with Gasteiger partial charge in [0.25, 0.3) is 21.6 Å². The van der Waals surface area contributed by atoms with Crippen LogP contribution in [0.15, 0.2) is 113 Å². The van der Waals surface area contributed by atoms with Gasteiger partial charge in [-0.15, -0.1) is 0 Å². The number of hydrogen-bond donors (Lipinski definition) is 10. The number of carbonyl (C=O) groups is 3. The number of hydrogen-bond acceptors (Lipinski definition) is 24. The molecule has 8 rings (SSSR count). The first kappa shape index (κ1) is 93.4. The molecule has 1 saturated heterocycles. The Hall–Kier alpha value is -6.10. The highest BCUT2D eigenvalue weighted by atomic mass is 33.1. The molecule has 626 valence electrons. The van der Waals surface area contributed by atoms with E-state index in [9.17, 15) is 55.6 Å². The molecule has 3 aromatic carbocycles. The Morgan fingerprint density at radius 1 is 0.904 bits per heavy atom. The average Bonchev–Trinajstić information content (AvgIpc) is 1.60. The van der Waals surface area contributed by atoms with Gasteiger partial charge in [0, 0.05) is 89.9 Å². The number of amides is 3. The summed E-state index contributed by atoms with van der Waals surface area (Å²) in [5.41, 5.74) is 11.8. The van der Waals surface area contributed by atoms with Gasteiger partial charge in [-0.05, 0) is 114 Å². The summed E-state index contributed by atoms with van der Waals surface area (Å²) in [6.07, 6.45) is 17.7. The van der Waals surface area contributed by atoms with Crippen LogP contribution in [0.2, 0.25) is 0 Å². The molecule has 3 aliphatic rings. The quantitative estimate of drug-likeness (QED) is 0.00253. The molecule has 114 heavy (non-hydrogen) atoms. The molecule has 8 atom stereocenters. The minimum Gasteiger partial charge on any atom is -0.490 e. The summed E-state index contributed by atoms with van der Waals surface area (Å²) in [4.78, 5) is 99.3. The van der Waals surface area contributed by atoms with E-state index in [2.05, 4.69) is 167 Å². The van der Waals surface area contributed by atoms with E-state index in [1.165, 1.54) is 71.7 Å². The number of aromatic amines is 1. The molecular weight excluding hydrogens is 1630 g/mol. The SMILES string of the molecule is CCCCN1\C(=C/C=C/C=C/C2=[N+](CCCC)c3ccc(C)cc3C2(C)C)C(C)(CCCCCC(=O)NCCNC(=O)c2cccc(OCC(OCCOCC(=O)NCC#Cc3cn([C@H]4CC(O[C@@H](C)SSC)[C@@H](COP(=O)(O)OP(=O)(O)OP(=O)(O)O)O4)c4nc(N)[nH]c(=O)c34)SSC(C)(C)C)c2)c2cc(S(=O)(=O)O)ccc21. The lowest BCUT2D eigenvalue weighted by Gasteiger charge is -2.30. The van der Waals surface area contributed by atoms with Crippen LogP contribution in [0.5, 0.6) is 5.75 Å². The van der Waals surface area contributed by atoms with E-state index in [0.717, 1.165) is 68.6 Å². The third-order valence-electron chi connectivity index (χ3n) is 18.4. The van der Waals surface area contributed by atoms with Crippen LogP contribution in [0.25, 0.3) is 11.0 Å². The Kier molecular flexibility index (Phi) is 34.4. The lowest BCUT2D eigenvalue weighted by molar-refractivity contribution is -0.438. The summed E-state index contributed by atoms with van der Waals surface area (Å²) in [5.74, 6) is 4.79. The third kappa shape index (κ3) is 27.2. The van der Waals surface area contributed by atoms with E-state index in [1.54, 1.807) is 54.1 Å². The summed E-state index contributed by atoms with van der Waals surface area (Å²) < 4.78 is 118. The molecule has 0 aliphatic carbocycles. The molecule has 3 aliphatic heterocycles. The van der Waals surface area contributed by atoms with Crippen molar-refractivity contribution in [3.63, 3.8) is 0 Å². The minimum atomic E-state index is -5.82. The molecular formula is C75H105N9O22P3S5+. The third-order valence-corrected chi connectivity index (χ3v) is 28.6. The van der Waals surface area contributed by atoms with E-state index in [1.807, 2.05) is 6.26 Å². The van der Waals surface area contributed by atoms with E-state index >= 15 is 0 Å². The number of aryl methyl sites for hydroxylation is 1. The van der Waals surface area contributed by atoms with Crippen molar-refractivity contribution in [3.05, 3.63) is 141 Å². The van der Waals surface area contributed by atoms with Crippen molar-refractivity contribution in [1.29, 1.82) is 0 Å². The number of nitrogen functional groups attached to an aromatic ring is 1. The molecule has 0 radical (unpaired) electrons. The van der Waals surface area contributed by atoms with Gasteiger partial charge in [-0.2, -0.15) is 26.6 Å². The Morgan fingerprint density at radius 3 is 2.38 bits per heavy atom. The maximum Gasteiger partial charge on any atom is 0.490 e. The number of rotatable bonds is 44. The number of ether oxygens (including phenoxy) is 5. The van der Waals surface area contributed by atoms with Gasteiger partial charge in [-0.25, -0.2) is 13.7 Å². The van der Waals surface area contributed by atoms with Gasteiger partial charge in [0.2, 0.25) is 23.5 Å². The highest BCUT2D eigenvalue weighted by molar-refractivity contribution is 8.77. The largest absolute Gasteiger partial charge is 0.490 e. The zero-order valence-electron chi connectivity index (χ0n) is 65.7. The van der Waals surface area contributed by atoms with Crippen LogP contribution < -0.4 is 36.9 Å². The maximum absolute atomic E-state index is 13.4. The number of phosphoric ester groups is 1. The molecule has 5 unspecified atom stereocenters. The first-order valence-corrected chi connectivity index (χ1v) is 48.0. The number of fused-ring (bicyclic) bond motifs is 3. The number of phosphoric acid groups is 3. The summed E-state index contributed by atoms with van der Waals surface area (Å²) in [6, 6.07) is 18.3. The number of allylic oxidation sites excluding steroid dienone is 6. The fourth-order valence-electron chi connectivity index (χ4n) is 13.2. The van der Waals surface area contributed by atoms with Gasteiger partial charge in [0.05, 0.1) is 53.7 Å². The predicted molar refractivity (Wildman–Crippen MR) is 445 cm³/mol. The summed E-state index contributed by atoms with van der Waals surface area (Å²) in [5, 5.41) is 8.42. The first-order chi connectivity index (χ1) is 53.7. The zero-order chi connectivity index (χ0) is 83.4. The molecule has 0 spiro atoms. The van der Waals surface area contributed by atoms with Crippen molar-refractivity contribution in [1.82, 2.24) is 30.5 Å². The van der Waals surface area contributed by atoms with Gasteiger partial charge in [-0.3, -0.25) is 33.2 Å². The fraction of sp³-hybridized carbons (Fsp3) is 0.520. The van der Waals surface area contributed by atoms with Crippen LogP contribution in [0, 0.1) is 18.8 Å². The van der Waals surface area contributed by atoms with Crippen LogP contribution >= 0.6 is 66.6 Å². The number of H-pyrrole nitrogens is 1. The van der Waals surface area contributed by atoms with Crippen molar-refractivity contribution in [2.75, 3.05) is 82.6 Å². The normalized spacial score (nSPS) is 19.6. The molecule has 0 bridgehead atoms. The Morgan fingerprint density at radius 2 is 1.66 bits per heavy atom. The van der Waals surface area contributed by atoms with Gasteiger partial charge in [0.1, 0.15) is 48.7 Å². The van der Waals surface area contributed by atoms with Crippen molar-refractivity contribution >= 4 is 129 Å². The molecule has 3 amide bonds. The Balaban J connectivity index is 0.780. The average molecular weight is 1740 g/mol.